The number of hydrogen-bond donors (Lipinski definition) is 0. The van der Waals surface area contributed by atoms with Crippen molar-refractivity contribution in [1.82, 2.24) is 9.97 Å². The Morgan fingerprint density at radius 2 is 1.77 bits per heavy atom. The van der Waals surface area contributed by atoms with Crippen molar-refractivity contribution in [1.29, 1.82) is 0 Å². The zero-order chi connectivity index (χ0) is 21.6. The van der Waals surface area contributed by atoms with Crippen LogP contribution >= 0.6 is 11.8 Å². The lowest BCUT2D eigenvalue weighted by atomic mass is 10.1. The summed E-state index contributed by atoms with van der Waals surface area (Å²) in [4.78, 5) is 25.7. The highest BCUT2D eigenvalue weighted by Gasteiger charge is 2.19. The molecule has 0 atom stereocenters. The Kier molecular flexibility index (Phi) is 6.66. The van der Waals surface area contributed by atoms with Crippen molar-refractivity contribution in [2.75, 3.05) is 48.8 Å². The van der Waals surface area contributed by atoms with Gasteiger partial charge in [-0.15, -0.1) is 0 Å². The summed E-state index contributed by atoms with van der Waals surface area (Å²) in [5, 5.41) is 0.766. The lowest BCUT2D eigenvalue weighted by molar-refractivity contribution is 0.102. The van der Waals surface area contributed by atoms with Gasteiger partial charge in [0, 0.05) is 43.5 Å². The summed E-state index contributed by atoms with van der Waals surface area (Å²) in [5.41, 5.74) is 1.65. The second-order valence-corrected chi connectivity index (χ2v) is 8.10. The Bertz CT molecular complexity index is 1040. The minimum absolute atomic E-state index is 0.0250. The maximum atomic E-state index is 13.1. The molecule has 0 bridgehead atoms. The van der Waals surface area contributed by atoms with Gasteiger partial charge < -0.3 is 14.5 Å². The minimum Gasteiger partial charge on any atom is -0.497 e. The topological polar surface area (TPSA) is 58.6 Å². The van der Waals surface area contributed by atoms with Crippen LogP contribution < -0.4 is 14.5 Å². The smallest absolute Gasteiger partial charge is 0.173 e. The summed E-state index contributed by atoms with van der Waals surface area (Å²) in [6.45, 7) is 3.27. The summed E-state index contributed by atoms with van der Waals surface area (Å²) >= 11 is 1.40. The van der Waals surface area contributed by atoms with E-state index in [2.05, 4.69) is 19.8 Å². The van der Waals surface area contributed by atoms with Crippen molar-refractivity contribution < 1.29 is 13.9 Å². The number of piperazine rings is 1. The van der Waals surface area contributed by atoms with E-state index in [1.807, 2.05) is 30.3 Å². The predicted molar refractivity (Wildman–Crippen MR) is 121 cm³/mol. The van der Waals surface area contributed by atoms with Crippen LogP contribution in [0.15, 0.2) is 66.0 Å². The van der Waals surface area contributed by atoms with Crippen molar-refractivity contribution >= 4 is 29.1 Å². The van der Waals surface area contributed by atoms with Crippen LogP contribution in [0.3, 0.4) is 0 Å². The van der Waals surface area contributed by atoms with Crippen LogP contribution in [0.2, 0.25) is 0 Å². The molecular formula is C23H23FN4O2S. The number of halogens is 1. The quantitative estimate of drug-likeness (QED) is 0.315. The largest absolute Gasteiger partial charge is 0.497 e. The van der Waals surface area contributed by atoms with Crippen molar-refractivity contribution in [3.8, 4) is 5.75 Å². The highest BCUT2D eigenvalue weighted by molar-refractivity contribution is 7.99. The molecule has 0 aliphatic carbocycles. The van der Waals surface area contributed by atoms with Crippen LogP contribution in [-0.2, 0) is 0 Å². The summed E-state index contributed by atoms with van der Waals surface area (Å²) in [6.07, 6.45) is 1.54. The average Bonchev–Trinajstić information content (AvgIpc) is 2.83. The van der Waals surface area contributed by atoms with E-state index in [0.717, 1.165) is 42.7 Å². The van der Waals surface area contributed by atoms with E-state index >= 15 is 0 Å². The van der Waals surface area contributed by atoms with Gasteiger partial charge in [-0.05, 0) is 36.4 Å². The number of aromatic nitrogens is 2. The number of benzene rings is 2. The van der Waals surface area contributed by atoms with Crippen LogP contribution in [0.5, 0.6) is 5.75 Å². The molecule has 0 spiro atoms. The third-order valence-electron chi connectivity index (χ3n) is 5.17. The Morgan fingerprint density at radius 3 is 2.52 bits per heavy atom. The molecule has 0 unspecified atom stereocenters. The van der Waals surface area contributed by atoms with E-state index in [1.165, 1.54) is 23.9 Å². The summed E-state index contributed by atoms with van der Waals surface area (Å²) < 4.78 is 18.3. The number of carbonyl (C=O) groups excluding carboxylic acids is 1. The molecule has 1 aliphatic heterocycles. The number of carbonyl (C=O) groups is 1. The van der Waals surface area contributed by atoms with Gasteiger partial charge in [0.2, 0.25) is 0 Å². The van der Waals surface area contributed by atoms with Crippen LogP contribution in [0.25, 0.3) is 0 Å². The number of hydrogen-bond acceptors (Lipinski definition) is 7. The second-order valence-electron chi connectivity index (χ2n) is 7.11. The number of thioether (sulfide) groups is 1. The Balaban J connectivity index is 1.34. The number of rotatable bonds is 7. The molecule has 1 aliphatic rings. The van der Waals surface area contributed by atoms with Gasteiger partial charge in [0.15, 0.2) is 5.78 Å². The van der Waals surface area contributed by atoms with Crippen molar-refractivity contribution in [2.45, 2.75) is 5.03 Å². The molecule has 6 nitrogen and oxygen atoms in total. The first-order valence-electron chi connectivity index (χ1n) is 10.00. The molecule has 8 heteroatoms. The van der Waals surface area contributed by atoms with Gasteiger partial charge in [-0.3, -0.25) is 4.79 Å². The average molecular weight is 439 g/mol. The van der Waals surface area contributed by atoms with E-state index in [-0.39, 0.29) is 11.6 Å². The Morgan fingerprint density at radius 1 is 1.03 bits per heavy atom. The van der Waals surface area contributed by atoms with Crippen LogP contribution in [0, 0.1) is 5.82 Å². The van der Waals surface area contributed by atoms with Gasteiger partial charge >= 0.3 is 0 Å². The van der Waals surface area contributed by atoms with E-state index in [9.17, 15) is 9.18 Å². The Labute approximate surface area is 185 Å². The van der Waals surface area contributed by atoms with Gasteiger partial charge in [-0.2, -0.15) is 0 Å². The molecule has 0 amide bonds. The van der Waals surface area contributed by atoms with Crippen molar-refractivity contribution in [3.63, 3.8) is 0 Å². The first kappa shape index (κ1) is 21.1. The Hall–Kier alpha value is -3.13. The molecule has 2 heterocycles. The summed E-state index contributed by atoms with van der Waals surface area (Å²) in [7, 11) is 1.58. The van der Waals surface area contributed by atoms with Gasteiger partial charge in [-0.1, -0.05) is 23.9 Å². The van der Waals surface area contributed by atoms with Crippen molar-refractivity contribution in [2.24, 2.45) is 0 Å². The van der Waals surface area contributed by atoms with Crippen LogP contribution in [0.1, 0.15) is 10.4 Å². The maximum Gasteiger partial charge on any atom is 0.173 e. The highest BCUT2D eigenvalue weighted by atomic mass is 32.2. The molecule has 1 fully saturated rings. The molecule has 2 aromatic carbocycles. The second kappa shape index (κ2) is 9.78. The van der Waals surface area contributed by atoms with E-state index < -0.39 is 0 Å². The summed E-state index contributed by atoms with van der Waals surface area (Å²) in [5.74, 6) is 1.61. The number of nitrogens with zero attached hydrogens (tertiary/aromatic N) is 4. The zero-order valence-corrected chi connectivity index (χ0v) is 18.0. The summed E-state index contributed by atoms with van der Waals surface area (Å²) in [6, 6.07) is 15.7. The number of ketones is 1. The van der Waals surface area contributed by atoms with Crippen LogP contribution in [-0.4, -0.2) is 54.8 Å². The molecule has 1 aromatic heterocycles. The van der Waals surface area contributed by atoms with Crippen LogP contribution in [0.4, 0.5) is 15.9 Å². The van der Waals surface area contributed by atoms with Crippen molar-refractivity contribution in [3.05, 3.63) is 72.3 Å². The zero-order valence-electron chi connectivity index (χ0n) is 17.2. The number of anilines is 2. The molecular weight excluding hydrogens is 415 g/mol. The fourth-order valence-corrected chi connectivity index (χ4v) is 4.20. The molecule has 0 saturated carbocycles. The third-order valence-corrected chi connectivity index (χ3v) is 6.09. The molecule has 160 valence electrons. The van der Waals surface area contributed by atoms with Gasteiger partial charge in [0.25, 0.3) is 0 Å². The standard InChI is InChI=1S/C23H23FN4O2S/c1-30-20-4-2-3-17(13-20)21(29)15-31-23-14-22(25-16-26-23)28-11-9-27(10-12-28)19-7-5-18(24)6-8-19/h2-8,13-14,16H,9-12,15H2,1H3. The lowest BCUT2D eigenvalue weighted by Gasteiger charge is -2.36. The van der Waals surface area contributed by atoms with E-state index in [0.29, 0.717) is 17.1 Å². The van der Waals surface area contributed by atoms with Gasteiger partial charge in [0.05, 0.1) is 12.9 Å². The first-order chi connectivity index (χ1) is 15.1. The first-order valence-corrected chi connectivity index (χ1v) is 11.0. The fourth-order valence-electron chi connectivity index (χ4n) is 3.45. The lowest BCUT2D eigenvalue weighted by Crippen LogP contribution is -2.46. The van der Waals surface area contributed by atoms with Gasteiger partial charge in [-0.25, -0.2) is 14.4 Å². The third kappa shape index (κ3) is 5.32. The molecule has 31 heavy (non-hydrogen) atoms. The van der Waals surface area contributed by atoms with Gasteiger partial charge in [0.1, 0.15) is 28.7 Å². The fraction of sp³-hybridized carbons (Fsp3) is 0.261. The molecule has 3 aromatic rings. The number of ether oxygens (including phenoxy) is 1. The highest BCUT2D eigenvalue weighted by Crippen LogP contribution is 2.24. The minimum atomic E-state index is -0.224. The SMILES string of the molecule is COc1cccc(C(=O)CSc2cc(N3CCN(c4ccc(F)cc4)CC3)ncn2)c1. The maximum absolute atomic E-state index is 13.1. The normalized spacial score (nSPS) is 13.9. The molecule has 0 N–H and O–H groups in total. The van der Waals surface area contributed by atoms with E-state index in [4.69, 9.17) is 4.74 Å². The molecule has 1 saturated heterocycles. The molecule has 0 radical (unpaired) electrons. The number of methoxy groups -OCH3 is 1. The number of Topliss-reactive ketones (excluding diaryl/α,β-unsaturated/α-hetero) is 1. The predicted octanol–water partition coefficient (Wildman–Crippen LogP) is 3.93. The van der Waals surface area contributed by atoms with E-state index in [1.54, 1.807) is 25.6 Å². The molecule has 4 rings (SSSR count). The monoisotopic (exact) mass is 438 g/mol.